The van der Waals surface area contributed by atoms with Crippen molar-refractivity contribution >= 4 is 50.1 Å². The average molecular weight is 515 g/mol. The number of piperidine rings is 1. The highest BCUT2D eigenvalue weighted by molar-refractivity contribution is 9.10. The summed E-state index contributed by atoms with van der Waals surface area (Å²) in [5, 5.41) is 1.94. The van der Waals surface area contributed by atoms with Gasteiger partial charge in [0.05, 0.1) is 22.8 Å². The number of benzene rings is 1. The number of aromatic amines is 1. The molecule has 1 N–H and O–H groups in total. The van der Waals surface area contributed by atoms with Gasteiger partial charge in [0.25, 0.3) is 0 Å². The van der Waals surface area contributed by atoms with E-state index in [1.807, 2.05) is 19.3 Å². The molecule has 1 amide bonds. The standard InChI is InChI=1S/C25H25BrClN3O2/c1-3-32-25(31)30-8-6-15(7-9-30)22-21-16(4-5-17-10-18(26)13-29-23(17)22)11-19(27)24-20(21)14(2)12-28-24/h10-13,28H,3-9H2,1-2H3. The number of amides is 1. The van der Waals surface area contributed by atoms with E-state index in [9.17, 15) is 4.79 Å². The predicted octanol–water partition coefficient (Wildman–Crippen LogP) is 6.44. The van der Waals surface area contributed by atoms with Crippen LogP contribution in [0.3, 0.4) is 0 Å². The highest BCUT2D eigenvalue weighted by Gasteiger charge is 2.29. The van der Waals surface area contributed by atoms with E-state index >= 15 is 0 Å². The van der Waals surface area contributed by atoms with E-state index in [1.54, 1.807) is 4.90 Å². The summed E-state index contributed by atoms with van der Waals surface area (Å²) < 4.78 is 6.21. The number of H-pyrrole nitrogens is 1. The lowest BCUT2D eigenvalue weighted by molar-refractivity contribution is 0.104. The Morgan fingerprint density at radius 2 is 1.97 bits per heavy atom. The Morgan fingerprint density at radius 3 is 2.72 bits per heavy atom. The number of carbonyl (C=O) groups is 1. The molecule has 1 aliphatic carbocycles. The topological polar surface area (TPSA) is 58.2 Å². The molecule has 1 fully saturated rings. The van der Waals surface area contributed by atoms with E-state index in [0.717, 1.165) is 46.4 Å². The van der Waals surface area contributed by atoms with Gasteiger partial charge in [-0.15, -0.1) is 0 Å². The molecule has 2 aromatic heterocycles. The van der Waals surface area contributed by atoms with E-state index in [2.05, 4.69) is 40.0 Å². The second-order valence-corrected chi connectivity index (χ2v) is 9.76. The number of pyridine rings is 1. The molecule has 2 aliphatic rings. The van der Waals surface area contributed by atoms with Crippen LogP contribution in [0.1, 0.15) is 47.7 Å². The Balaban J connectivity index is 1.72. The summed E-state index contributed by atoms with van der Waals surface area (Å²) in [5.74, 6) is 0. The third-order valence-corrected chi connectivity index (χ3v) is 7.25. The van der Waals surface area contributed by atoms with Crippen LogP contribution in [0.25, 0.3) is 16.5 Å². The number of nitrogens with one attached hydrogen (secondary N) is 1. The first kappa shape index (κ1) is 21.5. The minimum Gasteiger partial charge on any atom is -0.450 e. The number of rotatable bonds is 1. The van der Waals surface area contributed by atoms with Gasteiger partial charge in [-0.3, -0.25) is 4.98 Å². The zero-order valence-corrected chi connectivity index (χ0v) is 20.6. The van der Waals surface area contributed by atoms with Gasteiger partial charge in [0, 0.05) is 40.9 Å². The Kier molecular flexibility index (Phi) is 5.76. The van der Waals surface area contributed by atoms with Gasteiger partial charge in [0.2, 0.25) is 0 Å². The molecule has 0 saturated carbocycles. The van der Waals surface area contributed by atoms with Crippen molar-refractivity contribution in [2.75, 3.05) is 19.7 Å². The van der Waals surface area contributed by atoms with Gasteiger partial charge in [-0.05, 0) is 89.8 Å². The number of hydrogen-bond acceptors (Lipinski definition) is 3. The highest BCUT2D eigenvalue weighted by Crippen LogP contribution is 2.44. The summed E-state index contributed by atoms with van der Waals surface area (Å²) in [5.41, 5.74) is 9.51. The van der Waals surface area contributed by atoms with E-state index in [1.165, 1.54) is 38.8 Å². The van der Waals surface area contributed by atoms with Crippen molar-refractivity contribution in [1.82, 2.24) is 14.9 Å². The number of halogens is 2. The fraction of sp³-hybridized carbons (Fsp3) is 0.360. The zero-order chi connectivity index (χ0) is 22.4. The molecule has 5 rings (SSSR count). The number of nitrogens with zero attached hydrogens (tertiary/aromatic N) is 2. The van der Waals surface area contributed by atoms with E-state index in [-0.39, 0.29) is 6.09 Å². The SMILES string of the molecule is CCOC(=O)N1CCC(=C2c3ncc(Br)cc3CCc3cc(Cl)c4[nH]cc(C)c4c32)CC1. The molecule has 5 nitrogen and oxygen atoms in total. The third-order valence-electron chi connectivity index (χ3n) is 6.52. The van der Waals surface area contributed by atoms with Crippen LogP contribution in [0.2, 0.25) is 5.02 Å². The maximum absolute atomic E-state index is 12.2. The van der Waals surface area contributed by atoms with Crippen molar-refractivity contribution in [3.05, 3.63) is 67.5 Å². The first-order valence-corrected chi connectivity index (χ1v) is 12.2. The molecule has 0 atom stereocenters. The monoisotopic (exact) mass is 513 g/mol. The van der Waals surface area contributed by atoms with Gasteiger partial charge in [-0.25, -0.2) is 4.79 Å². The molecule has 0 spiro atoms. The van der Waals surface area contributed by atoms with E-state index < -0.39 is 0 Å². The first-order chi connectivity index (χ1) is 15.5. The fourth-order valence-corrected chi connectivity index (χ4v) is 5.69. The summed E-state index contributed by atoms with van der Waals surface area (Å²) in [4.78, 5) is 22.3. The average Bonchev–Trinajstić information content (AvgIpc) is 3.10. The molecule has 166 valence electrons. The quantitative estimate of drug-likeness (QED) is 0.406. The van der Waals surface area contributed by atoms with Crippen molar-refractivity contribution in [2.24, 2.45) is 0 Å². The molecule has 1 aliphatic heterocycles. The summed E-state index contributed by atoms with van der Waals surface area (Å²) in [6.45, 7) is 5.67. The molecule has 0 bridgehead atoms. The number of fused-ring (bicyclic) bond motifs is 4. The summed E-state index contributed by atoms with van der Waals surface area (Å²) >= 11 is 10.3. The molecule has 0 unspecified atom stereocenters. The van der Waals surface area contributed by atoms with Crippen molar-refractivity contribution < 1.29 is 9.53 Å². The lowest BCUT2D eigenvalue weighted by Gasteiger charge is -2.30. The number of hydrogen-bond donors (Lipinski definition) is 1. The molecule has 32 heavy (non-hydrogen) atoms. The van der Waals surface area contributed by atoms with Crippen LogP contribution in [-0.4, -0.2) is 40.7 Å². The van der Waals surface area contributed by atoms with Crippen LogP contribution in [0.15, 0.2) is 34.6 Å². The Morgan fingerprint density at radius 1 is 1.22 bits per heavy atom. The predicted molar refractivity (Wildman–Crippen MR) is 131 cm³/mol. The summed E-state index contributed by atoms with van der Waals surface area (Å²) in [6, 6.07) is 4.30. The normalized spacial score (nSPS) is 16.1. The van der Waals surface area contributed by atoms with Gasteiger partial charge in [0.15, 0.2) is 0 Å². The van der Waals surface area contributed by atoms with Gasteiger partial charge >= 0.3 is 6.09 Å². The molecular formula is C25H25BrClN3O2. The Bertz CT molecular complexity index is 1250. The fourth-order valence-electron chi connectivity index (χ4n) is 5.03. The van der Waals surface area contributed by atoms with Crippen molar-refractivity contribution in [3.8, 4) is 0 Å². The van der Waals surface area contributed by atoms with Crippen molar-refractivity contribution in [3.63, 3.8) is 0 Å². The van der Waals surface area contributed by atoms with Crippen LogP contribution in [0.4, 0.5) is 4.79 Å². The van der Waals surface area contributed by atoms with Crippen LogP contribution in [-0.2, 0) is 17.6 Å². The number of aryl methyl sites for hydroxylation is 3. The lowest BCUT2D eigenvalue weighted by atomic mass is 9.86. The third kappa shape index (κ3) is 3.63. The summed E-state index contributed by atoms with van der Waals surface area (Å²) in [7, 11) is 0. The number of likely N-dealkylation sites (tertiary alicyclic amines) is 1. The molecule has 3 heterocycles. The Labute approximate surface area is 200 Å². The number of carbonyl (C=O) groups excluding carboxylic acids is 1. The summed E-state index contributed by atoms with van der Waals surface area (Å²) in [6.07, 6.45) is 7.11. The maximum Gasteiger partial charge on any atom is 0.409 e. The van der Waals surface area contributed by atoms with E-state index in [4.69, 9.17) is 21.3 Å². The van der Waals surface area contributed by atoms with Gasteiger partial charge in [0.1, 0.15) is 0 Å². The molecule has 1 aromatic carbocycles. The van der Waals surface area contributed by atoms with Gasteiger partial charge in [-0.2, -0.15) is 0 Å². The van der Waals surface area contributed by atoms with Gasteiger partial charge < -0.3 is 14.6 Å². The first-order valence-electron chi connectivity index (χ1n) is 11.1. The molecule has 3 aromatic rings. The second-order valence-electron chi connectivity index (χ2n) is 8.44. The minimum absolute atomic E-state index is 0.226. The smallest absolute Gasteiger partial charge is 0.409 e. The lowest BCUT2D eigenvalue weighted by Crippen LogP contribution is -2.37. The van der Waals surface area contributed by atoms with Crippen LogP contribution < -0.4 is 0 Å². The van der Waals surface area contributed by atoms with E-state index in [0.29, 0.717) is 19.7 Å². The van der Waals surface area contributed by atoms with Gasteiger partial charge in [-0.1, -0.05) is 17.2 Å². The second kappa shape index (κ2) is 8.56. The molecule has 0 radical (unpaired) electrons. The minimum atomic E-state index is -0.226. The van der Waals surface area contributed by atoms with Crippen molar-refractivity contribution in [1.29, 1.82) is 0 Å². The Hall–Kier alpha value is -2.31. The number of aromatic nitrogens is 2. The number of ether oxygens (including phenoxy) is 1. The molecular weight excluding hydrogens is 490 g/mol. The molecule has 7 heteroatoms. The largest absolute Gasteiger partial charge is 0.450 e. The van der Waals surface area contributed by atoms with Crippen LogP contribution >= 0.6 is 27.5 Å². The highest BCUT2D eigenvalue weighted by atomic mass is 79.9. The zero-order valence-electron chi connectivity index (χ0n) is 18.2. The molecule has 1 saturated heterocycles. The van der Waals surface area contributed by atoms with Crippen LogP contribution in [0.5, 0.6) is 0 Å². The van der Waals surface area contributed by atoms with Crippen LogP contribution in [0, 0.1) is 6.92 Å². The maximum atomic E-state index is 12.2. The van der Waals surface area contributed by atoms with Crippen molar-refractivity contribution in [2.45, 2.75) is 39.5 Å².